The van der Waals surface area contributed by atoms with Gasteiger partial charge >= 0.3 is 0 Å². The third-order valence-electron chi connectivity index (χ3n) is 6.74. The zero-order chi connectivity index (χ0) is 25.9. The van der Waals surface area contributed by atoms with Crippen LogP contribution in [0.4, 0.5) is 5.82 Å². The van der Waals surface area contributed by atoms with E-state index in [0.717, 1.165) is 48.3 Å². The Morgan fingerprint density at radius 3 is 2.35 bits per heavy atom. The Hall–Kier alpha value is -3.78. The Balaban J connectivity index is 1.48. The molecule has 5 rings (SSSR count). The molecule has 4 aromatic rings. The molecule has 1 saturated carbocycles. The van der Waals surface area contributed by atoms with Crippen molar-refractivity contribution >= 4 is 22.9 Å². The minimum absolute atomic E-state index is 0.0326. The number of imidazole rings is 1. The number of nitrogens with one attached hydrogen (secondary N) is 2. The number of amides is 1. The fourth-order valence-corrected chi connectivity index (χ4v) is 4.61. The number of fused-ring (bicyclic) bond motifs is 1. The highest BCUT2D eigenvalue weighted by atomic mass is 16.1. The van der Waals surface area contributed by atoms with Crippen LogP contribution in [0.15, 0.2) is 60.9 Å². The van der Waals surface area contributed by atoms with Gasteiger partial charge in [0.25, 0.3) is 5.91 Å². The molecule has 2 aromatic heterocycles. The van der Waals surface area contributed by atoms with Crippen molar-refractivity contribution in [3.63, 3.8) is 0 Å². The van der Waals surface area contributed by atoms with E-state index in [1.54, 1.807) is 6.33 Å². The van der Waals surface area contributed by atoms with Crippen molar-refractivity contribution < 1.29 is 4.79 Å². The van der Waals surface area contributed by atoms with Crippen molar-refractivity contribution in [1.82, 2.24) is 29.7 Å². The summed E-state index contributed by atoms with van der Waals surface area (Å²) in [5.41, 5.74) is 3.94. The maximum Gasteiger partial charge on any atom is 0.251 e. The lowest BCUT2D eigenvalue weighted by Crippen LogP contribution is -2.40. The van der Waals surface area contributed by atoms with Crippen molar-refractivity contribution in [2.75, 3.05) is 18.4 Å². The van der Waals surface area contributed by atoms with Crippen LogP contribution in [-0.2, 0) is 0 Å². The molecule has 192 valence electrons. The summed E-state index contributed by atoms with van der Waals surface area (Å²) >= 11 is 0. The molecule has 37 heavy (non-hydrogen) atoms. The smallest absolute Gasteiger partial charge is 0.251 e. The Kier molecular flexibility index (Phi) is 7.19. The summed E-state index contributed by atoms with van der Waals surface area (Å²) in [5, 5.41) is 6.57. The molecule has 0 radical (unpaired) electrons. The molecule has 8 heteroatoms. The Morgan fingerprint density at radius 2 is 1.70 bits per heavy atom. The van der Waals surface area contributed by atoms with Crippen molar-refractivity contribution in [3.8, 4) is 17.1 Å². The molecule has 2 heterocycles. The van der Waals surface area contributed by atoms with E-state index in [4.69, 9.17) is 9.97 Å². The summed E-state index contributed by atoms with van der Waals surface area (Å²) in [6.07, 6.45) is 3.92. The minimum atomic E-state index is -0.0326. The Morgan fingerprint density at radius 1 is 1.00 bits per heavy atom. The first kappa shape index (κ1) is 24.9. The third-order valence-corrected chi connectivity index (χ3v) is 6.74. The van der Waals surface area contributed by atoms with E-state index in [2.05, 4.69) is 48.2 Å². The highest BCUT2D eigenvalue weighted by molar-refractivity contribution is 5.95. The van der Waals surface area contributed by atoms with Gasteiger partial charge in [0, 0.05) is 48.0 Å². The second kappa shape index (κ2) is 10.7. The van der Waals surface area contributed by atoms with Gasteiger partial charge in [0.1, 0.15) is 6.33 Å². The molecule has 2 aromatic carbocycles. The van der Waals surface area contributed by atoms with Crippen LogP contribution in [0.25, 0.3) is 28.2 Å². The van der Waals surface area contributed by atoms with E-state index in [0.29, 0.717) is 35.3 Å². The topological polar surface area (TPSA) is 88.0 Å². The third kappa shape index (κ3) is 5.64. The van der Waals surface area contributed by atoms with Gasteiger partial charge in [-0.2, -0.15) is 0 Å². The molecule has 2 N–H and O–H groups in total. The molecule has 0 saturated heterocycles. The van der Waals surface area contributed by atoms with Crippen LogP contribution in [0.2, 0.25) is 0 Å². The number of benzene rings is 2. The van der Waals surface area contributed by atoms with Crippen LogP contribution in [-0.4, -0.2) is 61.5 Å². The molecule has 0 bridgehead atoms. The normalized spacial score (nSPS) is 13.6. The molecular formula is C29H35N7O. The summed E-state index contributed by atoms with van der Waals surface area (Å²) in [6, 6.07) is 18.8. The van der Waals surface area contributed by atoms with Gasteiger partial charge in [0.05, 0.1) is 0 Å². The van der Waals surface area contributed by atoms with E-state index in [1.807, 2.05) is 59.2 Å². The second-order valence-electron chi connectivity index (χ2n) is 10.2. The molecule has 0 aliphatic heterocycles. The average molecular weight is 498 g/mol. The van der Waals surface area contributed by atoms with E-state index in [1.165, 1.54) is 0 Å². The SMILES string of the molecule is CC(C)N(CCNc1nc(-c2ccc(C(=O)NC3CC3)cc2)nc2c1ncn2-c1ccccc1)C(C)C. The first-order valence-corrected chi connectivity index (χ1v) is 13.1. The number of rotatable bonds is 10. The number of hydrogen-bond donors (Lipinski definition) is 2. The minimum Gasteiger partial charge on any atom is -0.367 e. The molecular weight excluding hydrogens is 462 g/mol. The second-order valence-corrected chi connectivity index (χ2v) is 10.2. The maximum absolute atomic E-state index is 12.4. The number of hydrogen-bond acceptors (Lipinski definition) is 6. The highest BCUT2D eigenvalue weighted by Crippen LogP contribution is 2.27. The fourth-order valence-electron chi connectivity index (χ4n) is 4.61. The molecule has 8 nitrogen and oxygen atoms in total. The zero-order valence-electron chi connectivity index (χ0n) is 22.0. The summed E-state index contributed by atoms with van der Waals surface area (Å²) in [6.45, 7) is 10.5. The van der Waals surface area contributed by atoms with Gasteiger partial charge in [-0.15, -0.1) is 0 Å². The Bertz CT molecular complexity index is 1350. The van der Waals surface area contributed by atoms with Crippen LogP contribution < -0.4 is 10.6 Å². The summed E-state index contributed by atoms with van der Waals surface area (Å²) in [5.74, 6) is 1.26. The number of aromatic nitrogens is 4. The maximum atomic E-state index is 12.4. The number of para-hydroxylation sites is 1. The van der Waals surface area contributed by atoms with Crippen LogP contribution in [0.5, 0.6) is 0 Å². The predicted octanol–water partition coefficient (Wildman–Crippen LogP) is 4.91. The van der Waals surface area contributed by atoms with E-state index in [-0.39, 0.29) is 5.91 Å². The molecule has 1 amide bonds. The summed E-state index contributed by atoms with van der Waals surface area (Å²) < 4.78 is 1.98. The largest absolute Gasteiger partial charge is 0.367 e. The zero-order valence-corrected chi connectivity index (χ0v) is 22.0. The van der Waals surface area contributed by atoms with Crippen molar-refractivity contribution in [2.45, 2.75) is 58.7 Å². The highest BCUT2D eigenvalue weighted by Gasteiger charge is 2.24. The van der Waals surface area contributed by atoms with Gasteiger partial charge in [-0.1, -0.05) is 30.3 Å². The van der Waals surface area contributed by atoms with E-state index in [9.17, 15) is 4.79 Å². The molecule has 1 aliphatic rings. The average Bonchev–Trinajstić information content (AvgIpc) is 3.61. The van der Waals surface area contributed by atoms with E-state index >= 15 is 0 Å². The molecule has 0 atom stereocenters. The van der Waals surface area contributed by atoms with Crippen LogP contribution in [0.1, 0.15) is 50.9 Å². The summed E-state index contributed by atoms with van der Waals surface area (Å²) in [4.78, 5) is 29.4. The van der Waals surface area contributed by atoms with Crippen LogP contribution >= 0.6 is 0 Å². The quantitative estimate of drug-likeness (QED) is 0.324. The van der Waals surface area contributed by atoms with Gasteiger partial charge in [-0.25, -0.2) is 15.0 Å². The standard InChI is InChI=1S/C29H35N7O/c1-19(2)35(20(3)4)17-16-30-27-25-28(36(18-31-25)24-8-6-5-7-9-24)34-26(33-27)21-10-12-22(13-11-21)29(37)32-23-14-15-23/h5-13,18-20,23H,14-17H2,1-4H3,(H,32,37)(H,30,33,34). The molecule has 0 unspecified atom stereocenters. The fraction of sp³-hybridized carbons (Fsp3) is 0.379. The van der Waals surface area contributed by atoms with Gasteiger partial charge in [-0.3, -0.25) is 14.3 Å². The predicted molar refractivity (Wildman–Crippen MR) is 148 cm³/mol. The van der Waals surface area contributed by atoms with Crippen molar-refractivity contribution in [3.05, 3.63) is 66.5 Å². The molecule has 1 fully saturated rings. The lowest BCUT2D eigenvalue weighted by Gasteiger charge is -2.30. The van der Waals surface area contributed by atoms with Crippen LogP contribution in [0, 0.1) is 0 Å². The van der Waals surface area contributed by atoms with E-state index < -0.39 is 0 Å². The van der Waals surface area contributed by atoms with Crippen LogP contribution in [0.3, 0.4) is 0 Å². The Labute approximate surface area is 218 Å². The number of carbonyl (C=O) groups excluding carboxylic acids is 1. The number of carbonyl (C=O) groups is 1. The first-order valence-electron chi connectivity index (χ1n) is 13.1. The van der Waals surface area contributed by atoms with Crippen molar-refractivity contribution in [2.24, 2.45) is 0 Å². The van der Waals surface area contributed by atoms with Gasteiger partial charge in [0.15, 0.2) is 22.8 Å². The molecule has 0 spiro atoms. The summed E-state index contributed by atoms with van der Waals surface area (Å²) in [7, 11) is 0. The van der Waals surface area contributed by atoms with Gasteiger partial charge in [-0.05, 0) is 64.8 Å². The van der Waals surface area contributed by atoms with Gasteiger partial charge < -0.3 is 10.6 Å². The number of anilines is 1. The van der Waals surface area contributed by atoms with Crippen molar-refractivity contribution in [1.29, 1.82) is 0 Å². The lowest BCUT2D eigenvalue weighted by molar-refractivity contribution is 0.0951. The molecule has 1 aliphatic carbocycles. The van der Waals surface area contributed by atoms with Gasteiger partial charge in [0.2, 0.25) is 0 Å². The monoisotopic (exact) mass is 497 g/mol. The lowest BCUT2D eigenvalue weighted by atomic mass is 10.1. The first-order chi connectivity index (χ1) is 17.9. The number of nitrogens with zero attached hydrogens (tertiary/aromatic N) is 5.